The van der Waals surface area contributed by atoms with Gasteiger partial charge < -0.3 is 44.8 Å². The fraction of sp³-hybridized carbons (Fsp3) is 0.300. The van der Waals surface area contributed by atoms with Crippen molar-refractivity contribution in [3.8, 4) is 23.0 Å². The van der Waals surface area contributed by atoms with Gasteiger partial charge in [0.2, 0.25) is 6.29 Å². The van der Waals surface area contributed by atoms with Gasteiger partial charge in [0.05, 0.1) is 18.2 Å². The summed E-state index contributed by atoms with van der Waals surface area (Å²) < 4.78 is 15.6. The molecule has 1 fully saturated rings. The molecule has 154 valence electrons. The standard InChI is InChI=1S/C20H20O9/c21-10-3-1-9(2-4-10)19-16(29-20-18(26)17(25)14(24)8-27-20)7-12-13(23)5-11(22)6-15(12)28-19/h1-7,14,17-26H,8H2/p+1/t14-,17+,18-,19?,20-/m1/s1. The summed E-state index contributed by atoms with van der Waals surface area (Å²) in [5, 5.41) is 59.2. The molecule has 1 saturated heterocycles. The number of hydrogen-bond acceptors (Lipinski definition) is 8. The molecule has 9 heteroatoms. The van der Waals surface area contributed by atoms with E-state index in [1.165, 1.54) is 24.3 Å². The first kappa shape index (κ1) is 19.3. The van der Waals surface area contributed by atoms with Crippen molar-refractivity contribution < 1.29 is 44.8 Å². The van der Waals surface area contributed by atoms with Gasteiger partial charge in [-0.15, -0.1) is 0 Å². The van der Waals surface area contributed by atoms with Gasteiger partial charge in [0.25, 0.3) is 11.9 Å². The highest BCUT2D eigenvalue weighted by Crippen LogP contribution is 2.45. The first-order valence-corrected chi connectivity index (χ1v) is 8.93. The molecule has 5 atom stereocenters. The summed E-state index contributed by atoms with van der Waals surface area (Å²) in [6, 6.07) is 8.77. The highest BCUT2D eigenvalue weighted by Gasteiger charge is 2.42. The normalized spacial score (nSPS) is 28.8. The number of aliphatic hydroxyl groups excluding tert-OH is 3. The zero-order valence-corrected chi connectivity index (χ0v) is 15.1. The number of benzene rings is 2. The van der Waals surface area contributed by atoms with Gasteiger partial charge in [0, 0.05) is 12.1 Å². The zero-order valence-electron chi connectivity index (χ0n) is 15.1. The Morgan fingerprint density at radius 1 is 0.931 bits per heavy atom. The minimum Gasteiger partial charge on any atom is -0.571 e. The Morgan fingerprint density at radius 3 is 2.38 bits per heavy atom. The van der Waals surface area contributed by atoms with Crippen molar-refractivity contribution in [1.82, 2.24) is 0 Å². The molecular formula is C20H21O9+. The van der Waals surface area contributed by atoms with E-state index < -0.39 is 30.7 Å². The number of rotatable bonds is 3. The van der Waals surface area contributed by atoms with E-state index in [1.54, 1.807) is 12.1 Å². The molecule has 0 amide bonds. The van der Waals surface area contributed by atoms with Crippen molar-refractivity contribution in [3.63, 3.8) is 0 Å². The average Bonchev–Trinajstić information content (AvgIpc) is 2.69. The Morgan fingerprint density at radius 2 is 1.66 bits per heavy atom. The van der Waals surface area contributed by atoms with Gasteiger partial charge in [-0.25, -0.2) is 0 Å². The van der Waals surface area contributed by atoms with Crippen molar-refractivity contribution in [1.29, 1.82) is 0 Å². The van der Waals surface area contributed by atoms with Crippen molar-refractivity contribution in [2.45, 2.75) is 30.7 Å². The SMILES string of the molecule is Oc1ccc(C2[OH+]c3cc(O)cc(O)c3C=C2O[C@H]2OC[C@@H](O)[C@H](O)[C@H]2O)cc1. The third-order valence-electron chi connectivity index (χ3n) is 4.86. The maximum absolute atomic E-state index is 10.2. The van der Waals surface area contributed by atoms with E-state index in [-0.39, 0.29) is 29.6 Å². The third-order valence-corrected chi connectivity index (χ3v) is 4.86. The summed E-state index contributed by atoms with van der Waals surface area (Å²) in [7, 11) is 0. The number of aliphatic hydroxyl groups is 4. The molecule has 2 heterocycles. The van der Waals surface area contributed by atoms with Gasteiger partial charge >= 0.3 is 0 Å². The second-order valence-electron chi connectivity index (χ2n) is 6.94. The van der Waals surface area contributed by atoms with Crippen molar-refractivity contribution in [2.24, 2.45) is 0 Å². The van der Waals surface area contributed by atoms with Crippen LogP contribution in [0.1, 0.15) is 17.2 Å². The lowest BCUT2D eigenvalue weighted by Crippen LogP contribution is -2.53. The Kier molecular flexibility index (Phi) is 4.97. The number of hydrogen-bond donors (Lipinski definition) is 6. The highest BCUT2D eigenvalue weighted by atomic mass is 16.7. The van der Waals surface area contributed by atoms with Crippen molar-refractivity contribution >= 4 is 6.08 Å². The van der Waals surface area contributed by atoms with Crippen molar-refractivity contribution in [3.05, 3.63) is 53.3 Å². The Balaban J connectivity index is 1.71. The van der Waals surface area contributed by atoms with Crippen LogP contribution in [-0.4, -0.2) is 66.6 Å². The maximum Gasteiger partial charge on any atom is 0.270 e. The minimum absolute atomic E-state index is 0.0647. The predicted molar refractivity (Wildman–Crippen MR) is 99.1 cm³/mol. The first-order chi connectivity index (χ1) is 13.8. The minimum atomic E-state index is -1.50. The summed E-state index contributed by atoms with van der Waals surface area (Å²) in [6.07, 6.45) is -4.69. The van der Waals surface area contributed by atoms with E-state index in [4.69, 9.17) is 9.47 Å². The van der Waals surface area contributed by atoms with Crippen LogP contribution in [0.2, 0.25) is 0 Å². The van der Waals surface area contributed by atoms with Crippen LogP contribution in [0.3, 0.4) is 0 Å². The maximum atomic E-state index is 10.2. The van der Waals surface area contributed by atoms with Gasteiger partial charge in [0.15, 0.2) is 5.76 Å². The zero-order chi connectivity index (χ0) is 20.7. The number of phenols is 3. The Hall–Kier alpha value is -2.98. The smallest absolute Gasteiger partial charge is 0.270 e. The molecule has 1 unspecified atom stereocenters. The van der Waals surface area contributed by atoms with Crippen LogP contribution in [-0.2, 0) is 9.47 Å². The molecule has 4 rings (SSSR count). The van der Waals surface area contributed by atoms with Crippen LogP contribution in [0.25, 0.3) is 6.08 Å². The summed E-state index contributed by atoms with van der Waals surface area (Å²) in [5.74, 6) is 0.227. The van der Waals surface area contributed by atoms with E-state index in [1.807, 2.05) is 0 Å². The number of fused-ring (bicyclic) bond motifs is 1. The van der Waals surface area contributed by atoms with Crippen LogP contribution >= 0.6 is 0 Å². The molecular weight excluding hydrogens is 384 g/mol. The lowest BCUT2D eigenvalue weighted by molar-refractivity contribution is -0.263. The molecule has 2 aromatic rings. The van der Waals surface area contributed by atoms with Gasteiger partial charge in [-0.1, -0.05) is 0 Å². The van der Waals surface area contributed by atoms with Gasteiger partial charge in [-0.3, -0.25) is 0 Å². The first-order valence-electron chi connectivity index (χ1n) is 8.93. The third kappa shape index (κ3) is 3.68. The molecule has 9 nitrogen and oxygen atoms in total. The van der Waals surface area contributed by atoms with E-state index in [0.717, 1.165) is 6.07 Å². The Bertz CT molecular complexity index is 924. The van der Waals surface area contributed by atoms with E-state index in [2.05, 4.69) is 4.74 Å². The molecule has 0 saturated carbocycles. The van der Waals surface area contributed by atoms with Crippen LogP contribution < -0.4 is 0 Å². The second kappa shape index (κ2) is 7.45. The molecule has 29 heavy (non-hydrogen) atoms. The molecule has 2 aromatic carbocycles. The largest absolute Gasteiger partial charge is 0.571 e. The highest BCUT2D eigenvalue weighted by molar-refractivity contribution is 5.69. The summed E-state index contributed by atoms with van der Waals surface area (Å²) in [6.45, 7) is -0.229. The Labute approximate surface area is 165 Å². The summed E-state index contributed by atoms with van der Waals surface area (Å²) in [4.78, 5) is 0. The lowest BCUT2D eigenvalue weighted by Gasteiger charge is -2.36. The fourth-order valence-electron chi connectivity index (χ4n) is 3.30. The molecule has 0 aliphatic carbocycles. The number of ether oxygens (including phenoxy) is 3. The van der Waals surface area contributed by atoms with E-state index in [9.17, 15) is 30.6 Å². The van der Waals surface area contributed by atoms with Crippen LogP contribution in [0.15, 0.2) is 42.2 Å². The van der Waals surface area contributed by atoms with Gasteiger partial charge in [0.1, 0.15) is 41.1 Å². The van der Waals surface area contributed by atoms with E-state index >= 15 is 0 Å². The molecule has 7 N–H and O–H groups in total. The topological polar surface area (TPSA) is 153 Å². The van der Waals surface area contributed by atoms with Crippen LogP contribution in [0.5, 0.6) is 23.0 Å². The average molecular weight is 405 g/mol. The molecule has 0 spiro atoms. The summed E-state index contributed by atoms with van der Waals surface area (Å²) in [5.41, 5.74) is 0.937. The van der Waals surface area contributed by atoms with Gasteiger partial charge in [-0.2, -0.15) is 0 Å². The van der Waals surface area contributed by atoms with E-state index in [0.29, 0.717) is 16.9 Å². The molecule has 2 aliphatic heterocycles. The predicted octanol–water partition coefficient (Wildman–Crippen LogP) is 0.596. The summed E-state index contributed by atoms with van der Waals surface area (Å²) >= 11 is 0. The number of phenolic OH excluding ortho intramolecular Hbond substituents is 3. The monoisotopic (exact) mass is 405 g/mol. The van der Waals surface area contributed by atoms with Crippen LogP contribution in [0.4, 0.5) is 0 Å². The van der Waals surface area contributed by atoms with Gasteiger partial charge in [-0.05, 0) is 24.3 Å². The molecule has 0 bridgehead atoms. The molecule has 0 aromatic heterocycles. The fourth-order valence-corrected chi connectivity index (χ4v) is 3.30. The van der Waals surface area contributed by atoms with Crippen LogP contribution in [0, 0.1) is 0 Å². The molecule has 2 aliphatic rings. The molecule has 0 radical (unpaired) electrons. The van der Waals surface area contributed by atoms with Crippen molar-refractivity contribution in [2.75, 3.05) is 6.61 Å². The number of aromatic hydroxyl groups is 4. The lowest BCUT2D eigenvalue weighted by atomic mass is 10.0. The second-order valence-corrected chi connectivity index (χ2v) is 6.94. The quantitative estimate of drug-likeness (QED) is 0.406.